The van der Waals surface area contributed by atoms with Gasteiger partial charge < -0.3 is 15.2 Å². The Kier molecular flexibility index (Phi) is 5.12. The average molecular weight is 309 g/mol. The minimum Gasteiger partial charge on any atom is -0.491 e. The third-order valence-electron chi connectivity index (χ3n) is 2.41. The minimum atomic E-state index is -5.19. The van der Waals surface area contributed by atoms with Crippen molar-refractivity contribution in [3.63, 3.8) is 0 Å². The minimum absolute atomic E-state index is 0.0707. The van der Waals surface area contributed by atoms with Crippen LogP contribution in [0.2, 0.25) is 0 Å². The van der Waals surface area contributed by atoms with Gasteiger partial charge in [-0.2, -0.15) is 13.2 Å². The average Bonchev–Trinajstić information content (AvgIpc) is 2.36. The van der Waals surface area contributed by atoms with Gasteiger partial charge in [-0.3, -0.25) is 4.79 Å². The summed E-state index contributed by atoms with van der Waals surface area (Å²) in [6.45, 7) is 0.699. The van der Waals surface area contributed by atoms with Crippen molar-refractivity contribution in [3.05, 3.63) is 29.6 Å². The predicted octanol–water partition coefficient (Wildman–Crippen LogP) is 1.64. The van der Waals surface area contributed by atoms with E-state index in [1.165, 1.54) is 24.4 Å². The SMILES string of the molecule is Cc1cc(OCC(NC(=O)C(F)(F)F)C(=O)O)ccc1F. The number of benzene rings is 1. The molecule has 0 aromatic heterocycles. The van der Waals surface area contributed by atoms with Crippen LogP contribution in [0.5, 0.6) is 5.75 Å². The molecule has 21 heavy (non-hydrogen) atoms. The summed E-state index contributed by atoms with van der Waals surface area (Å²) in [6, 6.07) is 1.62. The molecule has 0 aliphatic rings. The summed E-state index contributed by atoms with van der Waals surface area (Å²) in [5.74, 6) is -4.51. The van der Waals surface area contributed by atoms with Crippen molar-refractivity contribution in [1.29, 1.82) is 0 Å². The number of nitrogens with one attached hydrogen (secondary N) is 1. The highest BCUT2D eigenvalue weighted by atomic mass is 19.4. The number of aliphatic carboxylic acids is 1. The number of alkyl halides is 3. The molecule has 2 N–H and O–H groups in total. The highest BCUT2D eigenvalue weighted by Gasteiger charge is 2.41. The van der Waals surface area contributed by atoms with Gasteiger partial charge in [0.05, 0.1) is 0 Å². The zero-order valence-corrected chi connectivity index (χ0v) is 10.7. The summed E-state index contributed by atoms with van der Waals surface area (Å²) in [7, 11) is 0. The third kappa shape index (κ3) is 4.93. The Morgan fingerprint density at radius 1 is 1.38 bits per heavy atom. The largest absolute Gasteiger partial charge is 0.491 e. The molecule has 9 heteroatoms. The molecule has 0 aliphatic heterocycles. The zero-order valence-electron chi connectivity index (χ0n) is 10.7. The number of aryl methyl sites for hydroxylation is 1. The van der Waals surface area contributed by atoms with Gasteiger partial charge in [-0.05, 0) is 30.7 Å². The Bertz CT molecular complexity index is 545. The molecule has 0 spiro atoms. The molecule has 116 valence electrons. The van der Waals surface area contributed by atoms with E-state index in [1.807, 2.05) is 0 Å². The highest BCUT2D eigenvalue weighted by Crippen LogP contribution is 2.17. The van der Waals surface area contributed by atoms with Gasteiger partial charge in [0.25, 0.3) is 0 Å². The number of amides is 1. The van der Waals surface area contributed by atoms with Gasteiger partial charge >= 0.3 is 18.1 Å². The molecule has 1 amide bonds. The first-order chi connectivity index (χ1) is 9.61. The molecular formula is C12H11F4NO4. The smallest absolute Gasteiger partial charge is 0.471 e. The molecule has 1 unspecified atom stereocenters. The Hall–Kier alpha value is -2.32. The second-order valence-electron chi connectivity index (χ2n) is 4.08. The molecule has 0 heterocycles. The van der Waals surface area contributed by atoms with Crippen LogP contribution in [-0.2, 0) is 9.59 Å². The summed E-state index contributed by atoms with van der Waals surface area (Å²) in [5.41, 5.74) is 0.221. The van der Waals surface area contributed by atoms with Gasteiger partial charge in [-0.25, -0.2) is 9.18 Å². The van der Waals surface area contributed by atoms with Gasteiger partial charge in [0.1, 0.15) is 18.2 Å². The Morgan fingerprint density at radius 2 is 2.00 bits per heavy atom. The Labute approximate surface area is 116 Å². The van der Waals surface area contributed by atoms with E-state index in [0.29, 0.717) is 0 Å². The van der Waals surface area contributed by atoms with E-state index in [9.17, 15) is 27.2 Å². The quantitative estimate of drug-likeness (QED) is 0.811. The summed E-state index contributed by atoms with van der Waals surface area (Å²) < 4.78 is 54.1. The van der Waals surface area contributed by atoms with Crippen molar-refractivity contribution in [3.8, 4) is 5.75 Å². The van der Waals surface area contributed by atoms with Crippen LogP contribution in [0, 0.1) is 12.7 Å². The van der Waals surface area contributed by atoms with E-state index in [4.69, 9.17) is 9.84 Å². The number of carbonyl (C=O) groups is 2. The number of carboxylic acids is 1. The van der Waals surface area contributed by atoms with Gasteiger partial charge in [-0.15, -0.1) is 0 Å². The first-order valence-corrected chi connectivity index (χ1v) is 5.60. The molecule has 5 nitrogen and oxygen atoms in total. The van der Waals surface area contributed by atoms with Crippen molar-refractivity contribution >= 4 is 11.9 Å². The number of halogens is 4. The molecule has 0 radical (unpaired) electrons. The van der Waals surface area contributed by atoms with Crippen LogP contribution in [0.4, 0.5) is 17.6 Å². The van der Waals surface area contributed by atoms with E-state index in [-0.39, 0.29) is 11.3 Å². The van der Waals surface area contributed by atoms with Crippen LogP contribution in [0.25, 0.3) is 0 Å². The third-order valence-corrected chi connectivity index (χ3v) is 2.41. The number of carbonyl (C=O) groups excluding carboxylic acids is 1. The van der Waals surface area contributed by atoms with Crippen LogP contribution in [0.3, 0.4) is 0 Å². The van der Waals surface area contributed by atoms with E-state index in [1.54, 1.807) is 0 Å². The van der Waals surface area contributed by atoms with Crippen LogP contribution in [-0.4, -0.2) is 35.8 Å². The van der Waals surface area contributed by atoms with Crippen molar-refractivity contribution in [2.75, 3.05) is 6.61 Å². The summed E-state index contributed by atoms with van der Waals surface area (Å²) in [4.78, 5) is 21.5. The molecule has 0 aliphatic carbocycles. The second-order valence-corrected chi connectivity index (χ2v) is 4.08. The predicted molar refractivity (Wildman–Crippen MR) is 62.3 cm³/mol. The lowest BCUT2D eigenvalue weighted by Gasteiger charge is -2.16. The van der Waals surface area contributed by atoms with Gasteiger partial charge in [-0.1, -0.05) is 0 Å². The maximum absolute atomic E-state index is 13.0. The highest BCUT2D eigenvalue weighted by molar-refractivity contribution is 5.87. The molecule has 1 atom stereocenters. The van der Waals surface area contributed by atoms with Crippen molar-refractivity contribution < 1.29 is 37.0 Å². The summed E-state index contributed by atoms with van der Waals surface area (Å²) >= 11 is 0. The van der Waals surface area contributed by atoms with Crippen molar-refractivity contribution in [2.24, 2.45) is 0 Å². The second kappa shape index (κ2) is 6.42. The fourth-order valence-electron chi connectivity index (χ4n) is 1.30. The topological polar surface area (TPSA) is 75.6 Å². The number of carboxylic acid groups (broad SMARTS) is 1. The first-order valence-electron chi connectivity index (χ1n) is 5.60. The molecule has 0 saturated carbocycles. The summed E-state index contributed by atoms with van der Waals surface area (Å²) in [5, 5.41) is 10.0. The molecular weight excluding hydrogens is 298 g/mol. The zero-order chi connectivity index (χ0) is 16.2. The van der Waals surface area contributed by atoms with Crippen LogP contribution >= 0.6 is 0 Å². The van der Waals surface area contributed by atoms with Gasteiger partial charge in [0, 0.05) is 0 Å². The van der Waals surface area contributed by atoms with Crippen LogP contribution < -0.4 is 10.1 Å². The maximum Gasteiger partial charge on any atom is 0.471 e. The van der Waals surface area contributed by atoms with E-state index >= 15 is 0 Å². The van der Waals surface area contributed by atoms with Crippen molar-refractivity contribution in [2.45, 2.75) is 19.1 Å². The summed E-state index contributed by atoms with van der Waals surface area (Å²) in [6.07, 6.45) is -5.19. The lowest BCUT2D eigenvalue weighted by molar-refractivity contribution is -0.175. The number of rotatable bonds is 5. The molecule has 1 aromatic carbocycles. The van der Waals surface area contributed by atoms with E-state index < -0.39 is 36.5 Å². The molecule has 1 aromatic rings. The van der Waals surface area contributed by atoms with E-state index in [0.717, 1.165) is 6.07 Å². The molecule has 0 bridgehead atoms. The standard InChI is InChI=1S/C12H11F4NO4/c1-6-4-7(2-3-8(6)13)21-5-9(10(18)19)17-11(20)12(14,15)16/h2-4,9H,5H2,1H3,(H,17,20)(H,18,19). The lowest BCUT2D eigenvalue weighted by atomic mass is 10.2. The Balaban J connectivity index is 2.69. The Morgan fingerprint density at radius 3 is 2.48 bits per heavy atom. The van der Waals surface area contributed by atoms with Gasteiger partial charge in [0.15, 0.2) is 6.04 Å². The van der Waals surface area contributed by atoms with Crippen molar-refractivity contribution in [1.82, 2.24) is 5.32 Å². The fourth-order valence-corrected chi connectivity index (χ4v) is 1.30. The monoisotopic (exact) mass is 309 g/mol. The number of hydrogen-bond acceptors (Lipinski definition) is 3. The first kappa shape index (κ1) is 16.7. The van der Waals surface area contributed by atoms with Crippen LogP contribution in [0.1, 0.15) is 5.56 Å². The molecule has 0 saturated heterocycles. The van der Waals surface area contributed by atoms with Gasteiger partial charge in [0.2, 0.25) is 0 Å². The van der Waals surface area contributed by atoms with Crippen LogP contribution in [0.15, 0.2) is 18.2 Å². The maximum atomic E-state index is 13.0. The normalized spacial score (nSPS) is 12.6. The molecule has 1 rings (SSSR count). The lowest BCUT2D eigenvalue weighted by Crippen LogP contribution is -2.49. The molecule has 0 fully saturated rings. The fraction of sp³-hybridized carbons (Fsp3) is 0.333. The van der Waals surface area contributed by atoms with E-state index in [2.05, 4.69) is 0 Å². The number of hydrogen-bond donors (Lipinski definition) is 2. The number of ether oxygens (including phenoxy) is 1.